The Morgan fingerprint density at radius 2 is 1.85 bits per heavy atom. The van der Waals surface area contributed by atoms with E-state index in [1.165, 1.54) is 41.6 Å². The average Bonchev–Trinajstić information content (AvgIpc) is 3.26. The van der Waals surface area contributed by atoms with Gasteiger partial charge < -0.3 is 4.40 Å². The highest BCUT2D eigenvalue weighted by Crippen LogP contribution is 2.24. The van der Waals surface area contributed by atoms with Gasteiger partial charge in [-0.1, -0.05) is 6.07 Å². The van der Waals surface area contributed by atoms with Gasteiger partial charge >= 0.3 is 0 Å². The summed E-state index contributed by atoms with van der Waals surface area (Å²) < 4.78 is 16.5. The molecule has 0 N–H and O–H groups in total. The molecule has 128 valence electrons. The first-order chi connectivity index (χ1) is 12.6. The number of hydrogen-bond donors (Lipinski definition) is 0. The molecule has 4 rings (SSSR count). The van der Waals surface area contributed by atoms with Crippen LogP contribution in [0.15, 0.2) is 66.4 Å². The second-order valence-electron chi connectivity index (χ2n) is 5.77. The Kier molecular flexibility index (Phi) is 3.89. The normalized spacial score (nSPS) is 11.5. The molecule has 7 heteroatoms. The molecule has 1 aromatic carbocycles. The summed E-state index contributed by atoms with van der Waals surface area (Å²) in [5, 5.41) is 11.7. The van der Waals surface area contributed by atoms with Gasteiger partial charge in [-0.15, -0.1) is 10.2 Å². The predicted octanol–water partition coefficient (Wildman–Crippen LogP) is 3.09. The Balaban J connectivity index is 1.86. The molecule has 0 amide bonds. The zero-order valence-corrected chi connectivity index (χ0v) is 13.9. The molecule has 0 spiro atoms. The molecule has 6 nitrogen and oxygen atoms in total. The van der Waals surface area contributed by atoms with Crippen LogP contribution in [0, 0.1) is 12.7 Å². The minimum atomic E-state index is -0.375. The zero-order valence-electron chi connectivity index (χ0n) is 13.9. The largest absolute Gasteiger partial charge is 0.313 e. The topological polar surface area (TPSA) is 64.6 Å². The Hall–Kier alpha value is -3.61. The van der Waals surface area contributed by atoms with E-state index < -0.39 is 0 Å². The van der Waals surface area contributed by atoms with E-state index in [2.05, 4.69) is 15.3 Å². The molecule has 0 fully saturated rings. The molecule has 0 aliphatic carbocycles. The number of rotatable bonds is 4. The minimum absolute atomic E-state index is 0.173. The van der Waals surface area contributed by atoms with Gasteiger partial charge in [0.25, 0.3) is 0 Å². The van der Waals surface area contributed by atoms with E-state index in [4.69, 9.17) is 0 Å². The van der Waals surface area contributed by atoms with E-state index in [9.17, 15) is 9.18 Å². The lowest BCUT2D eigenvalue weighted by molar-refractivity contribution is 0.103. The maximum Gasteiger partial charge on any atom is 0.210 e. The van der Waals surface area contributed by atoms with E-state index in [1.807, 2.05) is 35.7 Å². The molecule has 0 bridgehead atoms. The first kappa shape index (κ1) is 15.9. The number of ketones is 1. The maximum atomic E-state index is 13.2. The molecule has 0 radical (unpaired) electrons. The number of carbonyl (C=O) groups excluding carboxylic acids is 1. The van der Waals surface area contributed by atoms with Gasteiger partial charge in [-0.25, -0.2) is 9.07 Å². The summed E-state index contributed by atoms with van der Waals surface area (Å²) in [5.74, 6) is -0.548. The van der Waals surface area contributed by atoms with Crippen LogP contribution >= 0.6 is 0 Å². The van der Waals surface area contributed by atoms with Crippen molar-refractivity contribution in [2.75, 3.05) is 0 Å². The first-order valence-electron chi connectivity index (χ1n) is 7.94. The molecule has 0 saturated carbocycles. The molecular weight excluding hydrogens is 333 g/mol. The lowest BCUT2D eigenvalue weighted by Gasteiger charge is -2.04. The Bertz CT molecular complexity index is 1110. The number of pyridine rings is 1. The maximum absolute atomic E-state index is 13.2. The van der Waals surface area contributed by atoms with Crippen LogP contribution in [0.25, 0.3) is 5.52 Å². The highest BCUT2D eigenvalue weighted by atomic mass is 19.1. The fourth-order valence-corrected chi connectivity index (χ4v) is 2.92. The lowest BCUT2D eigenvalue weighted by Crippen LogP contribution is -2.07. The number of hydrogen-bond acceptors (Lipinski definition) is 4. The van der Waals surface area contributed by atoms with Crippen molar-refractivity contribution in [1.29, 1.82) is 0 Å². The van der Waals surface area contributed by atoms with Gasteiger partial charge in [-0.2, -0.15) is 5.10 Å². The summed E-state index contributed by atoms with van der Waals surface area (Å²) in [7, 11) is 0. The van der Waals surface area contributed by atoms with Gasteiger partial charge in [0.05, 0.1) is 17.4 Å². The fraction of sp³-hybridized carbons (Fsp3) is 0.0526. The van der Waals surface area contributed by atoms with E-state index in [-0.39, 0.29) is 11.6 Å². The highest BCUT2D eigenvalue weighted by Gasteiger charge is 2.20. The van der Waals surface area contributed by atoms with Gasteiger partial charge in [0.2, 0.25) is 5.78 Å². The number of carbonyl (C=O) groups is 1. The van der Waals surface area contributed by atoms with Crippen LogP contribution in [0.1, 0.15) is 27.2 Å². The zero-order chi connectivity index (χ0) is 18.1. The monoisotopic (exact) mass is 347 g/mol. The molecule has 0 saturated heterocycles. The van der Waals surface area contributed by atoms with Crippen molar-refractivity contribution in [3.8, 4) is 0 Å². The lowest BCUT2D eigenvalue weighted by atomic mass is 10.0. The van der Waals surface area contributed by atoms with Crippen molar-refractivity contribution in [2.24, 2.45) is 5.10 Å². The predicted molar refractivity (Wildman–Crippen MR) is 95.0 cm³/mol. The molecule has 0 aliphatic rings. The van der Waals surface area contributed by atoms with Crippen LogP contribution in [0.2, 0.25) is 0 Å². The number of fused-ring (bicyclic) bond motifs is 1. The van der Waals surface area contributed by atoms with Crippen LogP contribution in [0.3, 0.4) is 0 Å². The highest BCUT2D eigenvalue weighted by molar-refractivity contribution is 6.11. The second kappa shape index (κ2) is 6.36. The number of nitrogens with zero attached hydrogens (tertiary/aromatic N) is 5. The third-order valence-corrected chi connectivity index (χ3v) is 4.18. The van der Waals surface area contributed by atoms with Gasteiger partial charge in [0.15, 0.2) is 0 Å². The van der Waals surface area contributed by atoms with E-state index in [0.29, 0.717) is 11.3 Å². The summed E-state index contributed by atoms with van der Waals surface area (Å²) in [5.41, 5.74) is 3.43. The SMILES string of the molecule is Cc1c(C=Nn2cnnc2)c2ccccn2c1C(=O)c1ccc(F)cc1. The van der Waals surface area contributed by atoms with Crippen molar-refractivity contribution in [1.82, 2.24) is 19.3 Å². The van der Waals surface area contributed by atoms with Crippen LogP contribution in [-0.2, 0) is 0 Å². The molecule has 0 unspecified atom stereocenters. The average molecular weight is 347 g/mol. The van der Waals surface area contributed by atoms with Crippen molar-refractivity contribution >= 4 is 17.5 Å². The smallest absolute Gasteiger partial charge is 0.210 e. The number of benzene rings is 1. The van der Waals surface area contributed by atoms with Gasteiger partial charge in [-0.05, 0) is 48.9 Å². The van der Waals surface area contributed by atoms with Crippen molar-refractivity contribution in [3.63, 3.8) is 0 Å². The van der Waals surface area contributed by atoms with Gasteiger partial charge in [0, 0.05) is 17.3 Å². The third-order valence-electron chi connectivity index (χ3n) is 4.18. The number of aromatic nitrogens is 4. The molecule has 0 aliphatic heterocycles. The summed E-state index contributed by atoms with van der Waals surface area (Å²) in [6.45, 7) is 1.87. The molecule has 0 atom stereocenters. The Labute approximate surface area is 148 Å². The van der Waals surface area contributed by atoms with Crippen molar-refractivity contribution < 1.29 is 9.18 Å². The quantitative estimate of drug-likeness (QED) is 0.421. The summed E-state index contributed by atoms with van der Waals surface area (Å²) in [4.78, 5) is 13.0. The standard InChI is InChI=1S/C19H14FN5O/c1-13-16(10-23-24-11-21-22-12-24)17-4-2-3-9-25(17)18(13)19(26)14-5-7-15(20)8-6-14/h2-12H,1H3. The number of halogens is 1. The minimum Gasteiger partial charge on any atom is -0.313 e. The Morgan fingerprint density at radius 1 is 1.12 bits per heavy atom. The molecule has 4 aromatic rings. The molecule has 3 heterocycles. The van der Waals surface area contributed by atoms with E-state index in [0.717, 1.165) is 16.6 Å². The first-order valence-corrected chi connectivity index (χ1v) is 7.94. The van der Waals surface area contributed by atoms with Crippen molar-refractivity contribution in [3.05, 3.63) is 89.5 Å². The molecular formula is C19H14FN5O. The van der Waals surface area contributed by atoms with E-state index in [1.54, 1.807) is 6.21 Å². The van der Waals surface area contributed by atoms with Crippen molar-refractivity contribution in [2.45, 2.75) is 6.92 Å². The third kappa shape index (κ3) is 2.69. The van der Waals surface area contributed by atoms with Crippen LogP contribution in [-0.4, -0.2) is 31.3 Å². The van der Waals surface area contributed by atoms with Crippen LogP contribution in [0.4, 0.5) is 4.39 Å². The summed E-state index contributed by atoms with van der Waals surface area (Å²) >= 11 is 0. The van der Waals surface area contributed by atoms with Gasteiger partial charge in [-0.3, -0.25) is 4.79 Å². The second-order valence-corrected chi connectivity index (χ2v) is 5.77. The molecule has 26 heavy (non-hydrogen) atoms. The van der Waals surface area contributed by atoms with Crippen LogP contribution < -0.4 is 0 Å². The van der Waals surface area contributed by atoms with Gasteiger partial charge in [0.1, 0.15) is 18.5 Å². The summed E-state index contributed by atoms with van der Waals surface area (Å²) in [6.07, 6.45) is 6.47. The fourth-order valence-electron chi connectivity index (χ4n) is 2.92. The van der Waals surface area contributed by atoms with Crippen LogP contribution in [0.5, 0.6) is 0 Å². The summed E-state index contributed by atoms with van der Waals surface area (Å²) in [6, 6.07) is 11.2. The molecule has 3 aromatic heterocycles. The van der Waals surface area contributed by atoms with E-state index >= 15 is 0 Å². The Morgan fingerprint density at radius 3 is 2.58 bits per heavy atom.